The fraction of sp³-hybridized carbons (Fsp3) is 0.214. The summed E-state index contributed by atoms with van der Waals surface area (Å²) in [7, 11) is 2.06. The molecule has 1 amide bonds. The number of hydrogen-bond donors (Lipinski definition) is 1. The van der Waals surface area contributed by atoms with Gasteiger partial charge in [0.25, 0.3) is 11.5 Å². The van der Waals surface area contributed by atoms with E-state index in [1.165, 1.54) is 7.05 Å². The summed E-state index contributed by atoms with van der Waals surface area (Å²) in [5.74, 6) is -1.89. The van der Waals surface area contributed by atoms with Gasteiger partial charge in [0.05, 0.1) is 16.3 Å². The maximum atomic E-state index is 14.2. The van der Waals surface area contributed by atoms with Crippen LogP contribution in [0, 0.1) is 5.82 Å². The first kappa shape index (κ1) is 18.7. The first-order valence-electron chi connectivity index (χ1n) is 6.60. The largest absolute Gasteiger partial charge is 0.431 e. The summed E-state index contributed by atoms with van der Waals surface area (Å²) in [6.07, 6.45) is -4.95. The van der Waals surface area contributed by atoms with E-state index in [2.05, 4.69) is 5.32 Å². The molecular weight excluding hydrogens is 370 g/mol. The zero-order chi connectivity index (χ0) is 19.1. The lowest BCUT2D eigenvalue weighted by atomic mass is 10.1. The number of aromatic nitrogens is 2. The van der Waals surface area contributed by atoms with Crippen molar-refractivity contribution in [2.75, 3.05) is 7.05 Å². The van der Waals surface area contributed by atoms with Gasteiger partial charge in [0.2, 0.25) is 0 Å². The third-order valence-corrected chi connectivity index (χ3v) is 3.67. The fourth-order valence-electron chi connectivity index (χ4n) is 2.14. The van der Waals surface area contributed by atoms with Crippen molar-refractivity contribution >= 4 is 17.5 Å². The van der Waals surface area contributed by atoms with Crippen molar-refractivity contribution in [2.24, 2.45) is 7.05 Å². The van der Waals surface area contributed by atoms with Crippen molar-refractivity contribution < 1.29 is 22.4 Å². The van der Waals surface area contributed by atoms with E-state index in [4.69, 9.17) is 11.6 Å². The van der Waals surface area contributed by atoms with Gasteiger partial charge in [0, 0.05) is 20.2 Å². The summed E-state index contributed by atoms with van der Waals surface area (Å²) in [6.45, 7) is 0. The Hall–Kier alpha value is -2.62. The molecule has 0 aliphatic carbocycles. The van der Waals surface area contributed by atoms with Crippen molar-refractivity contribution in [3.8, 4) is 5.69 Å². The van der Waals surface area contributed by atoms with Crippen LogP contribution in [0.25, 0.3) is 5.69 Å². The molecule has 1 aromatic heterocycles. The van der Waals surface area contributed by atoms with Crippen molar-refractivity contribution in [1.82, 2.24) is 14.5 Å². The quantitative estimate of drug-likeness (QED) is 0.807. The number of nitrogens with one attached hydrogen (secondary N) is 1. The highest BCUT2D eigenvalue weighted by molar-refractivity contribution is 6.33. The minimum atomic E-state index is -4.95. The van der Waals surface area contributed by atoms with Gasteiger partial charge in [-0.25, -0.2) is 13.8 Å². The van der Waals surface area contributed by atoms with Crippen molar-refractivity contribution in [3.05, 3.63) is 61.1 Å². The molecule has 11 heteroatoms. The summed E-state index contributed by atoms with van der Waals surface area (Å²) in [4.78, 5) is 35.9. The summed E-state index contributed by atoms with van der Waals surface area (Å²) in [5.41, 5.74) is -5.26. The van der Waals surface area contributed by atoms with Gasteiger partial charge < -0.3 is 5.32 Å². The molecule has 1 aromatic carbocycles. The van der Waals surface area contributed by atoms with E-state index in [-0.39, 0.29) is 25.8 Å². The topological polar surface area (TPSA) is 73.1 Å². The average Bonchev–Trinajstić information content (AvgIpc) is 2.51. The monoisotopic (exact) mass is 379 g/mol. The number of hydrogen-bond acceptors (Lipinski definition) is 3. The molecule has 0 aliphatic heterocycles. The molecule has 0 atom stereocenters. The summed E-state index contributed by atoms with van der Waals surface area (Å²) >= 11 is 5.74. The SMILES string of the molecule is CNC(=O)c1cc(-n2c(=O)cc(C(F)(F)F)n(C)c2=O)c(F)cc1Cl. The Morgan fingerprint density at radius 2 is 1.80 bits per heavy atom. The zero-order valence-corrected chi connectivity index (χ0v) is 13.5. The van der Waals surface area contributed by atoms with Gasteiger partial charge in [0.1, 0.15) is 11.5 Å². The van der Waals surface area contributed by atoms with Gasteiger partial charge in [-0.2, -0.15) is 13.2 Å². The lowest BCUT2D eigenvalue weighted by molar-refractivity contribution is -0.144. The third-order valence-electron chi connectivity index (χ3n) is 3.36. The van der Waals surface area contributed by atoms with Gasteiger partial charge >= 0.3 is 11.9 Å². The predicted octanol–water partition coefficient (Wildman–Crippen LogP) is 1.71. The van der Waals surface area contributed by atoms with Crippen molar-refractivity contribution in [1.29, 1.82) is 0 Å². The maximum absolute atomic E-state index is 14.2. The van der Waals surface area contributed by atoms with Crippen LogP contribution in [-0.4, -0.2) is 22.1 Å². The number of halogens is 5. The highest BCUT2D eigenvalue weighted by Gasteiger charge is 2.35. The summed E-state index contributed by atoms with van der Waals surface area (Å²) in [5, 5.41) is 1.93. The predicted molar refractivity (Wildman–Crippen MR) is 80.6 cm³/mol. The normalized spacial score (nSPS) is 11.5. The molecule has 1 N–H and O–H groups in total. The molecule has 0 saturated carbocycles. The molecule has 25 heavy (non-hydrogen) atoms. The van der Waals surface area contributed by atoms with Crippen LogP contribution in [-0.2, 0) is 13.2 Å². The second kappa shape index (κ2) is 6.36. The molecule has 1 heterocycles. The molecule has 0 spiro atoms. The Balaban J connectivity index is 2.85. The van der Waals surface area contributed by atoms with Gasteiger partial charge in [-0.3, -0.25) is 14.2 Å². The molecule has 0 saturated heterocycles. The number of alkyl halides is 3. The number of carbonyl (C=O) groups excluding carboxylic acids is 1. The second-order valence-electron chi connectivity index (χ2n) is 4.91. The van der Waals surface area contributed by atoms with E-state index in [1.807, 2.05) is 0 Å². The van der Waals surface area contributed by atoms with Crippen LogP contribution in [0.5, 0.6) is 0 Å². The lowest BCUT2D eigenvalue weighted by Gasteiger charge is -2.15. The van der Waals surface area contributed by atoms with Gasteiger partial charge in [0.15, 0.2) is 0 Å². The van der Waals surface area contributed by atoms with E-state index >= 15 is 0 Å². The maximum Gasteiger partial charge on any atom is 0.431 e. The van der Waals surface area contributed by atoms with Crippen LogP contribution in [0.2, 0.25) is 5.02 Å². The number of carbonyl (C=O) groups is 1. The lowest BCUT2D eigenvalue weighted by Crippen LogP contribution is -2.41. The number of rotatable bonds is 2. The molecule has 2 rings (SSSR count). The number of amides is 1. The fourth-order valence-corrected chi connectivity index (χ4v) is 2.37. The molecule has 2 aromatic rings. The van der Waals surface area contributed by atoms with Crippen LogP contribution < -0.4 is 16.6 Å². The van der Waals surface area contributed by atoms with Crippen LogP contribution >= 0.6 is 11.6 Å². The number of nitrogens with zero attached hydrogens (tertiary/aromatic N) is 2. The Morgan fingerprint density at radius 1 is 1.20 bits per heavy atom. The van der Waals surface area contributed by atoms with Gasteiger partial charge in [-0.1, -0.05) is 11.6 Å². The molecule has 0 unspecified atom stereocenters. The Bertz CT molecular complexity index is 979. The first-order chi connectivity index (χ1) is 11.5. The van der Waals surface area contributed by atoms with Crippen LogP contribution in [0.3, 0.4) is 0 Å². The second-order valence-corrected chi connectivity index (χ2v) is 5.31. The summed E-state index contributed by atoms with van der Waals surface area (Å²) in [6, 6.07) is 1.66. The van der Waals surface area contributed by atoms with Gasteiger partial charge in [-0.05, 0) is 12.1 Å². The van der Waals surface area contributed by atoms with Crippen LogP contribution in [0.1, 0.15) is 16.1 Å². The molecular formula is C14H10ClF4N3O3. The summed E-state index contributed by atoms with van der Waals surface area (Å²) < 4.78 is 53.0. The molecule has 0 aliphatic rings. The van der Waals surface area contributed by atoms with Crippen molar-refractivity contribution in [3.63, 3.8) is 0 Å². The van der Waals surface area contributed by atoms with E-state index in [0.29, 0.717) is 6.07 Å². The molecule has 0 fully saturated rings. The van der Waals surface area contributed by atoms with Crippen LogP contribution in [0.15, 0.2) is 27.8 Å². The van der Waals surface area contributed by atoms with Gasteiger partial charge in [-0.15, -0.1) is 0 Å². The third kappa shape index (κ3) is 3.29. The standard InChI is InChI=1S/C14H10ClF4N3O3/c1-20-12(24)6-3-9(8(16)4-7(6)15)22-11(23)5-10(14(17,18)19)21(2)13(22)25/h3-5H,1-2H3,(H,20,24). The van der Waals surface area contributed by atoms with E-state index in [0.717, 1.165) is 13.1 Å². The Morgan fingerprint density at radius 3 is 2.32 bits per heavy atom. The number of benzene rings is 1. The molecule has 134 valence electrons. The van der Waals surface area contributed by atoms with Crippen LogP contribution in [0.4, 0.5) is 17.6 Å². The highest BCUT2D eigenvalue weighted by atomic mass is 35.5. The Labute approximate surface area is 142 Å². The minimum absolute atomic E-state index is 0.162. The minimum Gasteiger partial charge on any atom is -0.355 e. The van der Waals surface area contributed by atoms with E-state index in [9.17, 15) is 31.9 Å². The molecule has 0 radical (unpaired) electrons. The highest BCUT2D eigenvalue weighted by Crippen LogP contribution is 2.27. The van der Waals surface area contributed by atoms with E-state index < -0.39 is 40.5 Å². The molecule has 6 nitrogen and oxygen atoms in total. The first-order valence-corrected chi connectivity index (χ1v) is 6.98. The molecule has 0 bridgehead atoms. The zero-order valence-electron chi connectivity index (χ0n) is 12.7. The smallest absolute Gasteiger partial charge is 0.355 e. The average molecular weight is 380 g/mol. The Kier molecular flexibility index (Phi) is 4.76. The van der Waals surface area contributed by atoms with E-state index in [1.54, 1.807) is 0 Å². The van der Waals surface area contributed by atoms with Crippen molar-refractivity contribution in [2.45, 2.75) is 6.18 Å².